The summed E-state index contributed by atoms with van der Waals surface area (Å²) in [6.45, 7) is 2.84. The minimum Gasteiger partial charge on any atom is -0.361 e. The summed E-state index contributed by atoms with van der Waals surface area (Å²) >= 11 is 1.79. The van der Waals surface area contributed by atoms with Gasteiger partial charge in [0.1, 0.15) is 0 Å². The number of nitrogens with zero attached hydrogens (tertiary/aromatic N) is 2. The van der Waals surface area contributed by atoms with E-state index in [-0.39, 0.29) is 23.7 Å². The van der Waals surface area contributed by atoms with E-state index in [4.69, 9.17) is 0 Å². The summed E-state index contributed by atoms with van der Waals surface area (Å²) in [5, 5.41) is 1.36. The topological polar surface area (TPSA) is 56.4 Å². The van der Waals surface area contributed by atoms with E-state index < -0.39 is 0 Å². The lowest BCUT2D eigenvalue weighted by Gasteiger charge is -2.25. The third kappa shape index (κ3) is 4.24. The normalized spacial score (nSPS) is 26.4. The maximum absolute atomic E-state index is 12.7. The average Bonchev–Trinajstić information content (AvgIpc) is 3.50. The van der Waals surface area contributed by atoms with E-state index in [2.05, 4.69) is 40.5 Å². The molecule has 2 aromatic rings. The van der Waals surface area contributed by atoms with Crippen LogP contribution in [0.25, 0.3) is 10.9 Å². The lowest BCUT2D eigenvalue weighted by Crippen LogP contribution is -2.34. The first-order valence-corrected chi connectivity index (χ1v) is 13.6. The number of aromatic nitrogens is 1. The summed E-state index contributed by atoms with van der Waals surface area (Å²) in [4.78, 5) is 34.3. The van der Waals surface area contributed by atoms with Gasteiger partial charge < -0.3 is 9.88 Å². The van der Waals surface area contributed by atoms with Gasteiger partial charge in [0.15, 0.2) is 0 Å². The van der Waals surface area contributed by atoms with Crippen LogP contribution in [0.4, 0.5) is 0 Å². The van der Waals surface area contributed by atoms with Gasteiger partial charge in [0.25, 0.3) is 0 Å². The van der Waals surface area contributed by atoms with Crippen molar-refractivity contribution in [1.29, 1.82) is 0 Å². The Morgan fingerprint density at radius 3 is 2.50 bits per heavy atom. The van der Waals surface area contributed by atoms with Crippen molar-refractivity contribution in [1.82, 2.24) is 14.8 Å². The van der Waals surface area contributed by atoms with Crippen molar-refractivity contribution in [2.75, 3.05) is 25.9 Å². The van der Waals surface area contributed by atoms with Gasteiger partial charge in [-0.25, -0.2) is 0 Å². The first kappa shape index (κ1) is 22.0. The van der Waals surface area contributed by atoms with Crippen LogP contribution < -0.4 is 0 Å². The Kier molecular flexibility index (Phi) is 6.61. The van der Waals surface area contributed by atoms with Crippen LogP contribution in [0, 0.1) is 11.8 Å². The van der Waals surface area contributed by atoms with Gasteiger partial charge in [-0.05, 0) is 88.1 Å². The van der Waals surface area contributed by atoms with Crippen LogP contribution in [0.15, 0.2) is 29.3 Å². The molecular formula is C26H35N3O2S. The van der Waals surface area contributed by atoms with Gasteiger partial charge in [0.05, 0.1) is 11.8 Å². The molecule has 0 spiro atoms. The van der Waals surface area contributed by atoms with E-state index in [1.165, 1.54) is 34.2 Å². The first-order chi connectivity index (χ1) is 15.7. The van der Waals surface area contributed by atoms with E-state index >= 15 is 0 Å². The molecule has 6 heteroatoms. The third-order valence-corrected chi connectivity index (χ3v) is 8.66. The molecule has 1 aromatic carbocycles. The molecule has 1 saturated carbocycles. The standard InChI is InChI=1S/C26H35N3O2S/c1-32-20-10-11-24-23(16-20)18(17-27-24)15-19-7-6-13-28(19)12-4-5-14-29-25(30)21-8-2-3-9-22(21)26(29)31/h10-11,16-17,19,21-22,27H,2-9,12-15H2,1H3/t19-,21-,22+/m1/s1. The molecule has 1 aromatic heterocycles. The number of rotatable bonds is 8. The van der Waals surface area contributed by atoms with Gasteiger partial charge in [-0.1, -0.05) is 12.8 Å². The lowest BCUT2D eigenvalue weighted by atomic mass is 9.81. The lowest BCUT2D eigenvalue weighted by molar-refractivity contribution is -0.140. The predicted molar refractivity (Wildman–Crippen MR) is 130 cm³/mol. The van der Waals surface area contributed by atoms with Crippen molar-refractivity contribution in [2.24, 2.45) is 11.8 Å². The van der Waals surface area contributed by atoms with Crippen LogP contribution in [0.3, 0.4) is 0 Å². The minimum absolute atomic E-state index is 0.0120. The number of likely N-dealkylation sites (tertiary alicyclic amines) is 2. The van der Waals surface area contributed by atoms with E-state index in [9.17, 15) is 9.59 Å². The molecule has 2 amide bonds. The third-order valence-electron chi connectivity index (χ3n) is 7.94. The number of fused-ring (bicyclic) bond motifs is 2. The molecule has 172 valence electrons. The van der Waals surface area contributed by atoms with Gasteiger partial charge in [-0.15, -0.1) is 11.8 Å². The Hall–Kier alpha value is -1.79. The number of imide groups is 1. The summed E-state index contributed by atoms with van der Waals surface area (Å²) in [7, 11) is 0. The van der Waals surface area contributed by atoms with Crippen LogP contribution in [0.5, 0.6) is 0 Å². The summed E-state index contributed by atoms with van der Waals surface area (Å²) < 4.78 is 0. The molecule has 5 nitrogen and oxygen atoms in total. The van der Waals surface area contributed by atoms with Crippen molar-refractivity contribution in [2.45, 2.75) is 68.7 Å². The summed E-state index contributed by atoms with van der Waals surface area (Å²) in [6.07, 6.45) is 13.9. The fourth-order valence-corrected chi connectivity index (χ4v) is 6.60. The van der Waals surface area contributed by atoms with Crippen molar-refractivity contribution in [3.05, 3.63) is 30.0 Å². The number of carbonyl (C=O) groups excluding carboxylic acids is 2. The van der Waals surface area contributed by atoms with Crippen LogP contribution in [-0.2, 0) is 16.0 Å². The van der Waals surface area contributed by atoms with Gasteiger partial charge in [0, 0.05) is 34.6 Å². The number of amides is 2. The SMILES string of the molecule is CSc1ccc2[nH]cc(C[C@H]3CCCN3CCCCN3C(=O)[C@H]4CCCC[C@H]4C3=O)c2c1. The predicted octanol–water partition coefficient (Wildman–Crippen LogP) is 4.85. The smallest absolute Gasteiger partial charge is 0.233 e. The summed E-state index contributed by atoms with van der Waals surface area (Å²) in [5.41, 5.74) is 2.64. The molecule has 1 N–H and O–H groups in total. The second kappa shape index (κ2) is 9.60. The van der Waals surface area contributed by atoms with Crippen LogP contribution in [-0.4, -0.2) is 58.5 Å². The number of carbonyl (C=O) groups is 2. The number of hydrogen-bond acceptors (Lipinski definition) is 4. The monoisotopic (exact) mass is 453 g/mol. The molecule has 5 rings (SSSR count). The molecule has 3 heterocycles. The second-order valence-corrected chi connectivity index (χ2v) is 10.7. The minimum atomic E-state index is -0.0120. The van der Waals surface area contributed by atoms with E-state index in [0.29, 0.717) is 12.6 Å². The number of unbranched alkanes of at least 4 members (excludes halogenated alkanes) is 1. The number of H-pyrrole nitrogens is 1. The Morgan fingerprint density at radius 2 is 1.75 bits per heavy atom. The largest absolute Gasteiger partial charge is 0.361 e. The Morgan fingerprint density at radius 1 is 1.00 bits per heavy atom. The maximum Gasteiger partial charge on any atom is 0.233 e. The number of nitrogens with one attached hydrogen (secondary N) is 1. The van der Waals surface area contributed by atoms with Crippen LogP contribution >= 0.6 is 11.8 Å². The Labute approximate surface area is 195 Å². The Balaban J connectivity index is 1.14. The number of aromatic amines is 1. The molecule has 0 unspecified atom stereocenters. The van der Waals surface area contributed by atoms with E-state index in [1.54, 1.807) is 16.7 Å². The van der Waals surface area contributed by atoms with E-state index in [0.717, 1.165) is 58.0 Å². The first-order valence-electron chi connectivity index (χ1n) is 12.4. The molecule has 32 heavy (non-hydrogen) atoms. The molecule has 0 bridgehead atoms. The Bertz CT molecular complexity index is 963. The molecule has 3 aliphatic rings. The average molecular weight is 454 g/mol. The molecule has 0 radical (unpaired) electrons. The highest BCUT2D eigenvalue weighted by Crippen LogP contribution is 2.38. The van der Waals surface area contributed by atoms with Crippen LogP contribution in [0.1, 0.15) is 56.9 Å². The molecule has 2 saturated heterocycles. The number of benzene rings is 1. The highest BCUT2D eigenvalue weighted by atomic mass is 32.2. The number of hydrogen-bond donors (Lipinski definition) is 1. The summed E-state index contributed by atoms with van der Waals surface area (Å²) in [5.74, 6) is 0.203. The zero-order valence-corrected chi connectivity index (χ0v) is 20.0. The van der Waals surface area contributed by atoms with E-state index in [1.807, 2.05) is 0 Å². The van der Waals surface area contributed by atoms with Crippen LogP contribution in [0.2, 0.25) is 0 Å². The number of thioether (sulfide) groups is 1. The highest BCUT2D eigenvalue weighted by Gasteiger charge is 2.47. The molecule has 3 fully saturated rings. The highest BCUT2D eigenvalue weighted by molar-refractivity contribution is 7.98. The second-order valence-electron chi connectivity index (χ2n) is 9.79. The fraction of sp³-hybridized carbons (Fsp3) is 0.615. The molecule has 2 aliphatic heterocycles. The fourth-order valence-electron chi connectivity index (χ4n) is 6.16. The molecule has 1 aliphatic carbocycles. The van der Waals surface area contributed by atoms with Gasteiger partial charge in [0.2, 0.25) is 11.8 Å². The van der Waals surface area contributed by atoms with Crippen molar-refractivity contribution in [3.8, 4) is 0 Å². The van der Waals surface area contributed by atoms with Crippen molar-refractivity contribution in [3.63, 3.8) is 0 Å². The summed E-state index contributed by atoms with van der Waals surface area (Å²) in [6, 6.07) is 7.27. The van der Waals surface area contributed by atoms with Crippen molar-refractivity contribution < 1.29 is 9.59 Å². The van der Waals surface area contributed by atoms with Gasteiger partial charge >= 0.3 is 0 Å². The quantitative estimate of drug-likeness (QED) is 0.353. The van der Waals surface area contributed by atoms with Gasteiger partial charge in [-0.2, -0.15) is 0 Å². The van der Waals surface area contributed by atoms with Crippen molar-refractivity contribution >= 4 is 34.5 Å². The molecular weight excluding hydrogens is 418 g/mol. The maximum atomic E-state index is 12.7. The van der Waals surface area contributed by atoms with Gasteiger partial charge in [-0.3, -0.25) is 14.5 Å². The molecule has 3 atom stereocenters. The zero-order valence-electron chi connectivity index (χ0n) is 19.1. The zero-order chi connectivity index (χ0) is 22.1.